The highest BCUT2D eigenvalue weighted by atomic mass is 19.1. The SMILES string of the molecule is O=C(c1ccccc1F)N1CCCN(C(=O)C2CCCCC2)CC1. The number of carbonyl (C=O) groups is 2. The lowest BCUT2D eigenvalue weighted by Gasteiger charge is -2.28. The van der Waals surface area contributed by atoms with Crippen molar-refractivity contribution in [2.45, 2.75) is 38.5 Å². The predicted octanol–water partition coefficient (Wildman–Crippen LogP) is 3.08. The Labute approximate surface area is 142 Å². The van der Waals surface area contributed by atoms with Crippen LogP contribution in [0, 0.1) is 11.7 Å². The number of rotatable bonds is 2. The number of hydrogen-bond acceptors (Lipinski definition) is 2. The van der Waals surface area contributed by atoms with Crippen molar-refractivity contribution in [3.8, 4) is 0 Å². The van der Waals surface area contributed by atoms with Crippen LogP contribution in [0.4, 0.5) is 4.39 Å². The molecule has 3 rings (SSSR count). The van der Waals surface area contributed by atoms with E-state index >= 15 is 0 Å². The van der Waals surface area contributed by atoms with Gasteiger partial charge in [-0.05, 0) is 31.4 Å². The summed E-state index contributed by atoms with van der Waals surface area (Å²) in [6.45, 7) is 2.29. The summed E-state index contributed by atoms with van der Waals surface area (Å²) in [6.07, 6.45) is 6.25. The Bertz CT molecular complexity index is 599. The Kier molecular flexibility index (Phi) is 5.48. The molecule has 1 aromatic carbocycles. The fraction of sp³-hybridized carbons (Fsp3) is 0.579. The number of amides is 2. The van der Waals surface area contributed by atoms with Gasteiger partial charge in [0.1, 0.15) is 5.82 Å². The van der Waals surface area contributed by atoms with Crippen LogP contribution in [0.2, 0.25) is 0 Å². The van der Waals surface area contributed by atoms with E-state index in [2.05, 4.69) is 0 Å². The van der Waals surface area contributed by atoms with Gasteiger partial charge in [-0.15, -0.1) is 0 Å². The summed E-state index contributed by atoms with van der Waals surface area (Å²) < 4.78 is 13.8. The van der Waals surface area contributed by atoms with Crippen LogP contribution in [-0.2, 0) is 4.79 Å². The van der Waals surface area contributed by atoms with E-state index < -0.39 is 5.82 Å². The van der Waals surface area contributed by atoms with Gasteiger partial charge in [0.15, 0.2) is 0 Å². The van der Waals surface area contributed by atoms with Gasteiger partial charge < -0.3 is 9.80 Å². The Morgan fingerprint density at radius 1 is 0.875 bits per heavy atom. The van der Waals surface area contributed by atoms with Gasteiger partial charge in [-0.2, -0.15) is 0 Å². The summed E-state index contributed by atoms with van der Waals surface area (Å²) in [4.78, 5) is 28.8. The van der Waals surface area contributed by atoms with Crippen molar-refractivity contribution < 1.29 is 14.0 Å². The summed E-state index contributed by atoms with van der Waals surface area (Å²) in [7, 11) is 0. The van der Waals surface area contributed by atoms with Crippen molar-refractivity contribution in [3.63, 3.8) is 0 Å². The zero-order valence-corrected chi connectivity index (χ0v) is 14.0. The lowest BCUT2D eigenvalue weighted by Crippen LogP contribution is -2.40. The predicted molar refractivity (Wildman–Crippen MR) is 90.1 cm³/mol. The van der Waals surface area contributed by atoms with Crippen LogP contribution in [0.25, 0.3) is 0 Å². The largest absolute Gasteiger partial charge is 0.341 e. The fourth-order valence-electron chi connectivity index (χ4n) is 3.75. The van der Waals surface area contributed by atoms with Crippen LogP contribution >= 0.6 is 0 Å². The molecule has 1 heterocycles. The monoisotopic (exact) mass is 332 g/mol. The quantitative estimate of drug-likeness (QED) is 0.835. The highest BCUT2D eigenvalue weighted by Gasteiger charge is 2.28. The highest BCUT2D eigenvalue weighted by Crippen LogP contribution is 2.26. The molecule has 1 aliphatic heterocycles. The molecule has 0 bridgehead atoms. The van der Waals surface area contributed by atoms with Crippen molar-refractivity contribution in [1.82, 2.24) is 9.80 Å². The van der Waals surface area contributed by atoms with E-state index in [0.717, 1.165) is 32.1 Å². The van der Waals surface area contributed by atoms with Crippen LogP contribution in [0.5, 0.6) is 0 Å². The van der Waals surface area contributed by atoms with Gasteiger partial charge in [0.2, 0.25) is 5.91 Å². The Morgan fingerprint density at radius 3 is 2.29 bits per heavy atom. The van der Waals surface area contributed by atoms with Gasteiger partial charge >= 0.3 is 0 Å². The van der Waals surface area contributed by atoms with Crippen LogP contribution in [-0.4, -0.2) is 47.8 Å². The van der Waals surface area contributed by atoms with E-state index in [1.54, 1.807) is 17.0 Å². The molecule has 2 fully saturated rings. The van der Waals surface area contributed by atoms with E-state index in [-0.39, 0.29) is 23.3 Å². The van der Waals surface area contributed by atoms with Crippen molar-refractivity contribution in [1.29, 1.82) is 0 Å². The number of carbonyl (C=O) groups excluding carboxylic acids is 2. The molecule has 0 radical (unpaired) electrons. The lowest BCUT2D eigenvalue weighted by atomic mass is 9.88. The maximum absolute atomic E-state index is 13.8. The molecular weight excluding hydrogens is 307 g/mol. The fourth-order valence-corrected chi connectivity index (χ4v) is 3.75. The van der Waals surface area contributed by atoms with Gasteiger partial charge in [-0.3, -0.25) is 9.59 Å². The minimum atomic E-state index is -0.484. The molecule has 130 valence electrons. The second-order valence-electron chi connectivity index (χ2n) is 6.79. The molecular formula is C19H25FN2O2. The molecule has 24 heavy (non-hydrogen) atoms. The summed E-state index contributed by atoms with van der Waals surface area (Å²) in [6, 6.07) is 6.09. The zero-order valence-electron chi connectivity index (χ0n) is 14.0. The Morgan fingerprint density at radius 2 is 1.54 bits per heavy atom. The van der Waals surface area contributed by atoms with Crippen LogP contribution in [0.1, 0.15) is 48.9 Å². The third-order valence-corrected chi connectivity index (χ3v) is 5.15. The normalized spacial score (nSPS) is 19.9. The smallest absolute Gasteiger partial charge is 0.256 e. The second kappa shape index (κ2) is 7.77. The van der Waals surface area contributed by atoms with E-state index in [4.69, 9.17) is 0 Å². The van der Waals surface area contributed by atoms with Gasteiger partial charge in [0, 0.05) is 32.1 Å². The summed E-state index contributed by atoms with van der Waals surface area (Å²) in [5.74, 6) is -0.357. The van der Waals surface area contributed by atoms with Gasteiger partial charge in [-0.1, -0.05) is 31.4 Å². The third kappa shape index (κ3) is 3.77. The standard InChI is InChI=1S/C19H25FN2O2/c20-17-10-5-4-9-16(17)19(24)22-12-6-11-21(13-14-22)18(23)15-7-2-1-3-8-15/h4-5,9-10,15H,1-3,6-8,11-14H2. The van der Waals surface area contributed by atoms with Crippen LogP contribution in [0.3, 0.4) is 0 Å². The summed E-state index contributed by atoms with van der Waals surface area (Å²) >= 11 is 0. The molecule has 0 aromatic heterocycles. The minimum absolute atomic E-state index is 0.115. The highest BCUT2D eigenvalue weighted by molar-refractivity contribution is 5.94. The zero-order chi connectivity index (χ0) is 16.9. The first-order chi connectivity index (χ1) is 11.7. The maximum atomic E-state index is 13.8. The first-order valence-corrected chi connectivity index (χ1v) is 8.99. The topological polar surface area (TPSA) is 40.6 Å². The molecule has 4 nitrogen and oxygen atoms in total. The molecule has 0 N–H and O–H groups in total. The van der Waals surface area contributed by atoms with Gasteiger partial charge in [-0.25, -0.2) is 4.39 Å². The van der Waals surface area contributed by atoms with Gasteiger partial charge in [0.25, 0.3) is 5.91 Å². The van der Waals surface area contributed by atoms with Crippen LogP contribution < -0.4 is 0 Å². The van der Waals surface area contributed by atoms with E-state index in [1.807, 2.05) is 4.90 Å². The average molecular weight is 332 g/mol. The number of nitrogens with zero attached hydrogens (tertiary/aromatic N) is 2. The maximum Gasteiger partial charge on any atom is 0.256 e. The summed E-state index contributed by atoms with van der Waals surface area (Å²) in [5, 5.41) is 0. The molecule has 0 unspecified atom stereocenters. The lowest BCUT2D eigenvalue weighted by molar-refractivity contribution is -0.136. The third-order valence-electron chi connectivity index (χ3n) is 5.15. The summed E-state index contributed by atoms with van der Waals surface area (Å²) in [5.41, 5.74) is 0.115. The molecule has 1 saturated heterocycles. The molecule has 0 spiro atoms. The molecule has 2 aliphatic rings. The van der Waals surface area contributed by atoms with E-state index in [1.165, 1.54) is 18.6 Å². The number of hydrogen-bond donors (Lipinski definition) is 0. The van der Waals surface area contributed by atoms with Gasteiger partial charge in [0.05, 0.1) is 5.56 Å². The molecule has 0 atom stereocenters. The average Bonchev–Trinajstić information content (AvgIpc) is 2.88. The van der Waals surface area contributed by atoms with Crippen molar-refractivity contribution in [3.05, 3.63) is 35.6 Å². The molecule has 2 amide bonds. The molecule has 1 saturated carbocycles. The van der Waals surface area contributed by atoms with Crippen LogP contribution in [0.15, 0.2) is 24.3 Å². The van der Waals surface area contributed by atoms with Crippen molar-refractivity contribution in [2.24, 2.45) is 5.92 Å². The number of halogens is 1. The minimum Gasteiger partial charge on any atom is -0.341 e. The molecule has 1 aromatic rings. The second-order valence-corrected chi connectivity index (χ2v) is 6.79. The molecule has 5 heteroatoms. The molecule has 1 aliphatic carbocycles. The number of benzene rings is 1. The Balaban J connectivity index is 1.61. The van der Waals surface area contributed by atoms with Crippen molar-refractivity contribution >= 4 is 11.8 Å². The first kappa shape index (κ1) is 16.9. The first-order valence-electron chi connectivity index (χ1n) is 8.99. The Hall–Kier alpha value is -1.91. The van der Waals surface area contributed by atoms with E-state index in [0.29, 0.717) is 26.2 Å². The van der Waals surface area contributed by atoms with Crippen molar-refractivity contribution in [2.75, 3.05) is 26.2 Å². The van der Waals surface area contributed by atoms with E-state index in [9.17, 15) is 14.0 Å².